The van der Waals surface area contributed by atoms with E-state index in [-0.39, 0.29) is 17.4 Å². The van der Waals surface area contributed by atoms with Crippen molar-refractivity contribution in [1.82, 2.24) is 4.90 Å². The van der Waals surface area contributed by atoms with E-state index < -0.39 is 5.97 Å². The molecule has 0 radical (unpaired) electrons. The fourth-order valence-electron chi connectivity index (χ4n) is 2.98. The molecule has 0 aliphatic carbocycles. The number of nitrogens with zero attached hydrogens (tertiary/aromatic N) is 1. The first-order chi connectivity index (χ1) is 11.8. The minimum absolute atomic E-state index is 0.146. The molecule has 1 aliphatic heterocycles. The SMILES string of the molecule is COC(=O)c1c(NC(=O)C[NH+]2CCCCC2)sc(C(=O)N(C)C)c1C. The Morgan fingerprint density at radius 2 is 1.84 bits per heavy atom. The van der Waals surface area contributed by atoms with Crippen LogP contribution in [0.3, 0.4) is 0 Å². The second-order valence-corrected chi connectivity index (χ2v) is 7.51. The molecule has 2 heterocycles. The zero-order valence-corrected chi connectivity index (χ0v) is 16.0. The number of amides is 2. The maximum Gasteiger partial charge on any atom is 0.341 e. The third kappa shape index (κ3) is 4.58. The second kappa shape index (κ2) is 8.44. The summed E-state index contributed by atoms with van der Waals surface area (Å²) in [6.45, 7) is 4.05. The number of quaternary nitrogens is 1. The molecule has 7 nitrogen and oxygen atoms in total. The molecule has 8 heteroatoms. The van der Waals surface area contributed by atoms with E-state index in [0.717, 1.165) is 37.3 Å². The largest absolute Gasteiger partial charge is 0.465 e. The fraction of sp³-hybridized carbons (Fsp3) is 0.588. The number of anilines is 1. The van der Waals surface area contributed by atoms with Crippen molar-refractivity contribution in [1.29, 1.82) is 0 Å². The number of rotatable bonds is 5. The van der Waals surface area contributed by atoms with Crippen LogP contribution in [0.25, 0.3) is 0 Å². The van der Waals surface area contributed by atoms with Gasteiger partial charge in [0.2, 0.25) is 0 Å². The Balaban J connectivity index is 2.22. The van der Waals surface area contributed by atoms with Gasteiger partial charge in [0.1, 0.15) is 5.00 Å². The molecule has 1 aromatic heterocycles. The highest BCUT2D eigenvalue weighted by Gasteiger charge is 2.28. The van der Waals surface area contributed by atoms with Gasteiger partial charge >= 0.3 is 5.97 Å². The summed E-state index contributed by atoms with van der Waals surface area (Å²) in [5.41, 5.74) is 0.802. The first-order valence-electron chi connectivity index (χ1n) is 8.42. The lowest BCUT2D eigenvalue weighted by molar-refractivity contribution is -0.896. The van der Waals surface area contributed by atoms with Gasteiger partial charge in [-0.3, -0.25) is 9.59 Å². The molecule has 138 valence electrons. The van der Waals surface area contributed by atoms with Crippen molar-refractivity contribution in [2.75, 3.05) is 46.2 Å². The second-order valence-electron chi connectivity index (χ2n) is 6.49. The summed E-state index contributed by atoms with van der Waals surface area (Å²) >= 11 is 1.12. The number of methoxy groups -OCH3 is 1. The van der Waals surface area contributed by atoms with E-state index in [1.165, 1.54) is 23.3 Å². The number of nitrogens with one attached hydrogen (secondary N) is 2. The Bertz CT molecular complexity index is 663. The lowest BCUT2D eigenvalue weighted by Crippen LogP contribution is -3.13. The van der Waals surface area contributed by atoms with Crippen molar-refractivity contribution in [3.8, 4) is 0 Å². The van der Waals surface area contributed by atoms with E-state index in [4.69, 9.17) is 4.74 Å². The van der Waals surface area contributed by atoms with Crippen LogP contribution in [0.15, 0.2) is 0 Å². The van der Waals surface area contributed by atoms with Crippen LogP contribution in [0.2, 0.25) is 0 Å². The first-order valence-corrected chi connectivity index (χ1v) is 9.23. The highest BCUT2D eigenvalue weighted by Crippen LogP contribution is 2.34. The van der Waals surface area contributed by atoms with Crippen molar-refractivity contribution < 1.29 is 24.0 Å². The van der Waals surface area contributed by atoms with Crippen LogP contribution < -0.4 is 10.2 Å². The maximum atomic E-state index is 12.4. The van der Waals surface area contributed by atoms with Crippen LogP contribution in [0.1, 0.15) is 44.9 Å². The molecule has 2 rings (SSSR count). The molecular weight excluding hydrogens is 342 g/mol. The van der Waals surface area contributed by atoms with Gasteiger partial charge in [-0.1, -0.05) is 0 Å². The summed E-state index contributed by atoms with van der Waals surface area (Å²) in [5, 5.41) is 3.20. The summed E-state index contributed by atoms with van der Waals surface area (Å²) in [5.74, 6) is -0.894. The van der Waals surface area contributed by atoms with E-state index in [1.54, 1.807) is 21.0 Å². The quantitative estimate of drug-likeness (QED) is 0.744. The molecule has 1 fully saturated rings. The minimum Gasteiger partial charge on any atom is -0.465 e. The first kappa shape index (κ1) is 19.4. The molecule has 0 bridgehead atoms. The Kier molecular flexibility index (Phi) is 6.55. The van der Waals surface area contributed by atoms with Crippen molar-refractivity contribution in [3.05, 3.63) is 16.0 Å². The van der Waals surface area contributed by atoms with E-state index >= 15 is 0 Å². The van der Waals surface area contributed by atoms with Gasteiger partial charge in [-0.05, 0) is 31.7 Å². The van der Waals surface area contributed by atoms with Gasteiger partial charge in [0.05, 0.1) is 30.6 Å². The minimum atomic E-state index is -0.549. The lowest BCUT2D eigenvalue weighted by atomic mass is 10.1. The molecule has 0 spiro atoms. The average Bonchev–Trinajstić information content (AvgIpc) is 2.90. The van der Waals surface area contributed by atoms with E-state index in [0.29, 0.717) is 22.0 Å². The third-order valence-electron chi connectivity index (χ3n) is 4.36. The van der Waals surface area contributed by atoms with Crippen LogP contribution in [-0.2, 0) is 9.53 Å². The Morgan fingerprint density at radius 1 is 1.20 bits per heavy atom. The van der Waals surface area contributed by atoms with Gasteiger partial charge in [-0.2, -0.15) is 0 Å². The van der Waals surface area contributed by atoms with Crippen molar-refractivity contribution in [3.63, 3.8) is 0 Å². The normalized spacial score (nSPS) is 14.9. The molecule has 0 saturated carbocycles. The van der Waals surface area contributed by atoms with E-state index in [2.05, 4.69) is 5.32 Å². The van der Waals surface area contributed by atoms with Crippen molar-refractivity contribution in [2.45, 2.75) is 26.2 Å². The summed E-state index contributed by atoms with van der Waals surface area (Å²) < 4.78 is 4.83. The lowest BCUT2D eigenvalue weighted by Gasteiger charge is -2.22. The van der Waals surface area contributed by atoms with E-state index in [9.17, 15) is 14.4 Å². The van der Waals surface area contributed by atoms with Crippen LogP contribution >= 0.6 is 11.3 Å². The highest BCUT2D eigenvalue weighted by molar-refractivity contribution is 7.18. The van der Waals surface area contributed by atoms with Gasteiger partial charge in [0.15, 0.2) is 6.54 Å². The molecule has 25 heavy (non-hydrogen) atoms. The fourth-order valence-corrected chi connectivity index (χ4v) is 4.22. The van der Waals surface area contributed by atoms with E-state index in [1.807, 2.05) is 0 Å². The van der Waals surface area contributed by atoms with Gasteiger partial charge in [-0.15, -0.1) is 11.3 Å². The number of carbonyl (C=O) groups is 3. The van der Waals surface area contributed by atoms with Gasteiger partial charge in [0.25, 0.3) is 11.8 Å². The number of thiophene rings is 1. The number of esters is 1. The highest BCUT2D eigenvalue weighted by atomic mass is 32.1. The van der Waals surface area contributed by atoms with Crippen LogP contribution in [-0.4, -0.2) is 63.5 Å². The molecule has 0 aromatic carbocycles. The summed E-state index contributed by atoms with van der Waals surface area (Å²) in [7, 11) is 4.59. The molecule has 1 saturated heterocycles. The van der Waals surface area contributed by atoms with Crippen molar-refractivity contribution in [2.24, 2.45) is 0 Å². The number of hydrogen-bond acceptors (Lipinski definition) is 5. The predicted octanol–water partition coefficient (Wildman–Crippen LogP) is 0.552. The zero-order chi connectivity index (χ0) is 18.6. The molecule has 2 N–H and O–H groups in total. The number of piperidine rings is 1. The van der Waals surface area contributed by atoms with Crippen LogP contribution in [0.4, 0.5) is 5.00 Å². The van der Waals surface area contributed by atoms with Gasteiger partial charge in [0, 0.05) is 14.1 Å². The zero-order valence-electron chi connectivity index (χ0n) is 15.2. The molecule has 1 aliphatic rings. The van der Waals surface area contributed by atoms with Crippen LogP contribution in [0, 0.1) is 6.92 Å². The number of likely N-dealkylation sites (tertiary alicyclic amines) is 1. The van der Waals surface area contributed by atoms with Gasteiger partial charge < -0.3 is 19.9 Å². The number of hydrogen-bond donors (Lipinski definition) is 2. The summed E-state index contributed by atoms with van der Waals surface area (Å²) in [6.07, 6.45) is 3.49. The number of carbonyl (C=O) groups excluding carboxylic acids is 3. The standard InChI is InChI=1S/C17H25N3O4S/c1-11-13(17(23)24-4)15(25-14(11)16(22)19(2)3)18-12(21)10-20-8-6-5-7-9-20/h5-10H2,1-4H3,(H,18,21)/p+1. The smallest absolute Gasteiger partial charge is 0.341 e. The molecule has 0 unspecified atom stereocenters. The third-order valence-corrected chi connectivity index (χ3v) is 5.56. The molecule has 1 aromatic rings. The molecular formula is C17H26N3O4S+. The number of ether oxygens (including phenoxy) is 1. The summed E-state index contributed by atoms with van der Waals surface area (Å²) in [6, 6.07) is 0. The predicted molar refractivity (Wildman–Crippen MR) is 96.5 cm³/mol. The monoisotopic (exact) mass is 368 g/mol. The topological polar surface area (TPSA) is 80.1 Å². The average molecular weight is 368 g/mol. The Hall–Kier alpha value is -1.93. The molecule has 0 atom stereocenters. The Morgan fingerprint density at radius 3 is 2.40 bits per heavy atom. The maximum absolute atomic E-state index is 12.4. The van der Waals surface area contributed by atoms with Crippen molar-refractivity contribution >= 4 is 34.1 Å². The van der Waals surface area contributed by atoms with Gasteiger partial charge in [-0.25, -0.2) is 4.79 Å². The Labute approximate surface area is 151 Å². The summed E-state index contributed by atoms with van der Waals surface area (Å²) in [4.78, 5) is 40.0. The molecule has 2 amide bonds. The van der Waals surface area contributed by atoms with Crippen LogP contribution in [0.5, 0.6) is 0 Å².